The summed E-state index contributed by atoms with van der Waals surface area (Å²) in [6, 6.07) is 40.6. The van der Waals surface area contributed by atoms with Gasteiger partial charge < -0.3 is 31.1 Å². The molecule has 0 aliphatic carbocycles. The second-order valence-electron chi connectivity index (χ2n) is 15.0. The summed E-state index contributed by atoms with van der Waals surface area (Å²) in [5, 5.41) is 38.2. The highest BCUT2D eigenvalue weighted by Gasteiger charge is 2.39. The van der Waals surface area contributed by atoms with Gasteiger partial charge in [-0.1, -0.05) is 147 Å². The highest BCUT2D eigenvalue weighted by Crippen LogP contribution is 2.32. The zero-order chi connectivity index (χ0) is 51.4. The van der Waals surface area contributed by atoms with E-state index in [0.29, 0.717) is 11.9 Å². The van der Waals surface area contributed by atoms with Gasteiger partial charge in [-0.2, -0.15) is 26.3 Å². The topological polar surface area (TPSA) is 225 Å². The molecule has 0 unspecified atom stereocenters. The maximum absolute atomic E-state index is 10.6. The zero-order valence-electron chi connectivity index (χ0n) is 37.7. The molecule has 0 saturated heterocycles. The first-order valence-electron chi connectivity index (χ1n) is 21.8. The lowest BCUT2D eigenvalue weighted by Crippen LogP contribution is -2.21. The Balaban J connectivity index is 0.000000291. The van der Waals surface area contributed by atoms with Crippen LogP contribution in [0.2, 0.25) is 0 Å². The summed E-state index contributed by atoms with van der Waals surface area (Å²) in [6.07, 6.45) is 1.31. The van der Waals surface area contributed by atoms with E-state index in [1.807, 2.05) is 85.2 Å². The Bertz CT molecular complexity index is 2330. The number of aliphatic carboxylic acids is 4. The van der Waals surface area contributed by atoms with Gasteiger partial charge in [-0.05, 0) is 36.8 Å². The number of nitrogens with zero attached hydrogens (tertiary/aromatic N) is 4. The minimum Gasteiger partial charge on any atom is -0.481 e. The number of carboxylic acid groups (broad SMARTS) is 4. The van der Waals surface area contributed by atoms with Gasteiger partial charge in [-0.3, -0.25) is 9.59 Å². The number of alkyl halides is 6. The number of carbonyl (C=O) groups is 4. The van der Waals surface area contributed by atoms with Crippen molar-refractivity contribution in [2.24, 2.45) is 0 Å². The minimum absolute atomic E-state index is 0.248. The quantitative estimate of drug-likeness (QED) is 0.0309. The molecule has 0 amide bonds. The molecule has 20 heteroatoms. The monoisotopic (exact) mass is 978 g/mol. The maximum atomic E-state index is 10.6. The van der Waals surface area contributed by atoms with E-state index >= 15 is 0 Å². The molecular formula is C50H52F6N6O8. The van der Waals surface area contributed by atoms with Crippen LogP contribution in [0.4, 0.5) is 38.2 Å². The van der Waals surface area contributed by atoms with E-state index in [1.54, 1.807) is 0 Å². The predicted molar refractivity (Wildman–Crippen MR) is 252 cm³/mol. The molecule has 4 aromatic carbocycles. The summed E-state index contributed by atoms with van der Waals surface area (Å²) in [5.74, 6) is -5.73. The average molecular weight is 979 g/mol. The molecule has 2 aromatic heterocycles. The number of unbranched alkanes of at least 4 members (excludes halogenated alkanes) is 6. The lowest BCUT2D eigenvalue weighted by atomic mass is 10.0. The van der Waals surface area contributed by atoms with Crippen molar-refractivity contribution in [2.75, 3.05) is 23.7 Å². The van der Waals surface area contributed by atoms with E-state index in [0.717, 1.165) is 109 Å². The summed E-state index contributed by atoms with van der Waals surface area (Å²) in [7, 11) is 0. The van der Waals surface area contributed by atoms with Gasteiger partial charge in [-0.15, -0.1) is 0 Å². The van der Waals surface area contributed by atoms with Crippen molar-refractivity contribution in [3.05, 3.63) is 134 Å². The molecule has 0 atom stereocenters. The molecule has 0 saturated carbocycles. The Hall–Kier alpha value is -7.90. The Morgan fingerprint density at radius 2 is 0.686 bits per heavy atom. The van der Waals surface area contributed by atoms with Crippen molar-refractivity contribution in [3.8, 4) is 44.8 Å². The van der Waals surface area contributed by atoms with Crippen LogP contribution in [0.25, 0.3) is 44.8 Å². The lowest BCUT2D eigenvalue weighted by molar-refractivity contribution is -0.193. The van der Waals surface area contributed by atoms with E-state index in [2.05, 4.69) is 69.1 Å². The molecular weight excluding hydrogens is 927 g/mol. The van der Waals surface area contributed by atoms with Crippen molar-refractivity contribution in [3.63, 3.8) is 0 Å². The van der Waals surface area contributed by atoms with Crippen LogP contribution in [0.3, 0.4) is 0 Å². The molecule has 0 aliphatic rings. The number of halogens is 6. The molecule has 372 valence electrons. The Morgan fingerprint density at radius 1 is 0.414 bits per heavy atom. The van der Waals surface area contributed by atoms with Crippen LogP contribution in [-0.2, 0) is 19.2 Å². The van der Waals surface area contributed by atoms with E-state index in [1.165, 1.54) is 0 Å². The van der Waals surface area contributed by atoms with Gasteiger partial charge in [-0.25, -0.2) is 29.5 Å². The summed E-state index contributed by atoms with van der Waals surface area (Å²) >= 11 is 0. The lowest BCUT2D eigenvalue weighted by Gasteiger charge is -2.12. The zero-order valence-corrected chi connectivity index (χ0v) is 37.7. The third kappa shape index (κ3) is 21.8. The molecule has 6 rings (SSSR count). The third-order valence-corrected chi connectivity index (χ3v) is 9.53. The fourth-order valence-corrected chi connectivity index (χ4v) is 6.13. The minimum atomic E-state index is -5.08. The van der Waals surface area contributed by atoms with Gasteiger partial charge in [0.05, 0.1) is 11.4 Å². The number of hydrogen-bond acceptors (Lipinski definition) is 10. The van der Waals surface area contributed by atoms with Crippen LogP contribution in [0.1, 0.15) is 64.2 Å². The van der Waals surface area contributed by atoms with Crippen molar-refractivity contribution < 1.29 is 65.9 Å². The largest absolute Gasteiger partial charge is 0.490 e. The van der Waals surface area contributed by atoms with Crippen LogP contribution in [0.5, 0.6) is 0 Å². The van der Waals surface area contributed by atoms with E-state index < -0.39 is 36.2 Å². The molecule has 0 bridgehead atoms. The Kier molecular flexibility index (Phi) is 24.0. The van der Waals surface area contributed by atoms with Crippen LogP contribution in [0, 0.1) is 0 Å². The standard InChI is InChI=1S/2C23H25N3O2.2C2HF3O2/c2*27-21(28)15-9-1-2-10-16-24-23-25-17-20(18-11-5-3-6-12-18)22(26-23)19-13-7-4-8-14-19;2*3-2(4,5)1(6)7/h2*3-8,11-14,17H,1-2,9-10,15-16H2,(H,27,28)(H,24,25,26);2*(H,6,7). The third-order valence-electron chi connectivity index (χ3n) is 9.53. The van der Waals surface area contributed by atoms with Crippen LogP contribution >= 0.6 is 0 Å². The van der Waals surface area contributed by atoms with E-state index in [-0.39, 0.29) is 12.8 Å². The smallest absolute Gasteiger partial charge is 0.481 e. The van der Waals surface area contributed by atoms with Gasteiger partial charge in [0, 0.05) is 60.6 Å². The summed E-state index contributed by atoms with van der Waals surface area (Å²) in [4.78, 5) is 57.4. The molecule has 70 heavy (non-hydrogen) atoms. The van der Waals surface area contributed by atoms with Gasteiger partial charge in [0.2, 0.25) is 11.9 Å². The fraction of sp³-hybridized carbons (Fsp3) is 0.280. The highest BCUT2D eigenvalue weighted by atomic mass is 19.4. The van der Waals surface area contributed by atoms with Gasteiger partial charge >= 0.3 is 36.2 Å². The predicted octanol–water partition coefficient (Wildman–Crippen LogP) is 11.8. The number of benzene rings is 4. The molecule has 2 heterocycles. The Morgan fingerprint density at radius 3 is 0.957 bits per heavy atom. The molecule has 0 spiro atoms. The second kappa shape index (κ2) is 29.8. The number of rotatable bonds is 20. The first kappa shape index (κ1) is 56.4. The SMILES string of the molecule is O=C(O)C(F)(F)F.O=C(O)C(F)(F)F.O=C(O)CCCCCCNc1ncc(-c2ccccc2)c(-c2ccccc2)n1.O=C(O)CCCCCCNc1ncc(-c2ccccc2)c(-c2ccccc2)n1. The number of carboxylic acids is 4. The first-order chi connectivity index (χ1) is 33.4. The molecule has 14 nitrogen and oxygen atoms in total. The van der Waals surface area contributed by atoms with Gasteiger partial charge in [0.25, 0.3) is 0 Å². The van der Waals surface area contributed by atoms with Crippen LogP contribution in [-0.4, -0.2) is 89.7 Å². The number of anilines is 2. The number of nitrogens with one attached hydrogen (secondary N) is 2. The highest BCUT2D eigenvalue weighted by molar-refractivity contribution is 5.82. The van der Waals surface area contributed by atoms with E-state index in [4.69, 9.17) is 40.0 Å². The van der Waals surface area contributed by atoms with Crippen molar-refractivity contribution in [2.45, 2.75) is 76.6 Å². The van der Waals surface area contributed by atoms with Crippen LogP contribution in [0.15, 0.2) is 134 Å². The summed E-state index contributed by atoms with van der Waals surface area (Å²) in [5.41, 5.74) is 8.12. The summed E-state index contributed by atoms with van der Waals surface area (Å²) in [6.45, 7) is 1.54. The fourth-order valence-electron chi connectivity index (χ4n) is 6.13. The van der Waals surface area contributed by atoms with E-state index in [9.17, 15) is 35.9 Å². The van der Waals surface area contributed by atoms with Crippen LogP contribution < -0.4 is 10.6 Å². The molecule has 0 aliphatic heterocycles. The van der Waals surface area contributed by atoms with Crippen molar-refractivity contribution in [1.82, 2.24) is 19.9 Å². The van der Waals surface area contributed by atoms with Gasteiger partial charge in [0.15, 0.2) is 0 Å². The summed E-state index contributed by atoms with van der Waals surface area (Å²) < 4.78 is 63.5. The Labute approximate surface area is 399 Å². The first-order valence-corrected chi connectivity index (χ1v) is 21.8. The van der Waals surface area contributed by atoms with Crippen molar-refractivity contribution >= 4 is 35.8 Å². The second-order valence-corrected chi connectivity index (χ2v) is 15.0. The molecule has 6 aromatic rings. The normalized spacial score (nSPS) is 10.7. The number of aromatic nitrogens is 4. The van der Waals surface area contributed by atoms with Gasteiger partial charge in [0.1, 0.15) is 0 Å². The molecule has 0 fully saturated rings. The van der Waals surface area contributed by atoms with Crippen molar-refractivity contribution in [1.29, 1.82) is 0 Å². The number of hydrogen-bond donors (Lipinski definition) is 6. The maximum Gasteiger partial charge on any atom is 0.490 e. The molecule has 6 N–H and O–H groups in total. The molecule has 0 radical (unpaired) electrons. The average Bonchev–Trinajstić information content (AvgIpc) is 3.34.